The summed E-state index contributed by atoms with van der Waals surface area (Å²) < 4.78 is 40.2. The fourth-order valence-electron chi connectivity index (χ4n) is 2.97. The molecule has 1 spiro atoms. The molecule has 22 heavy (non-hydrogen) atoms. The summed E-state index contributed by atoms with van der Waals surface area (Å²) in [7, 11) is -3.51. The van der Waals surface area contributed by atoms with E-state index in [4.69, 9.17) is 9.47 Å². The molecule has 7 nitrogen and oxygen atoms in total. The van der Waals surface area contributed by atoms with Crippen LogP contribution in [0.25, 0.3) is 0 Å². The zero-order valence-electron chi connectivity index (χ0n) is 13.3. The van der Waals surface area contributed by atoms with Crippen LogP contribution >= 0.6 is 0 Å². The number of hydrogen-bond donors (Lipinski definition) is 0. The molecule has 0 aromatic carbocycles. The average molecular weight is 329 g/mol. The number of rotatable bonds is 3. The number of aromatic nitrogens is 2. The van der Waals surface area contributed by atoms with Crippen LogP contribution in [0.2, 0.25) is 0 Å². The molecule has 0 saturated carbocycles. The normalized spacial score (nSPS) is 22.7. The van der Waals surface area contributed by atoms with Crippen molar-refractivity contribution in [3.05, 3.63) is 11.9 Å². The molecular weight excluding hydrogens is 306 g/mol. The van der Waals surface area contributed by atoms with Gasteiger partial charge in [0.15, 0.2) is 5.79 Å². The lowest BCUT2D eigenvalue weighted by molar-refractivity contribution is -0.179. The van der Waals surface area contributed by atoms with Gasteiger partial charge in [0.05, 0.1) is 18.9 Å². The highest BCUT2D eigenvalue weighted by Gasteiger charge is 2.43. The third kappa shape index (κ3) is 2.68. The summed E-state index contributed by atoms with van der Waals surface area (Å²) in [6.07, 6.45) is 2.77. The lowest BCUT2D eigenvalue weighted by Crippen LogP contribution is -2.47. The highest BCUT2D eigenvalue weighted by atomic mass is 32.2. The van der Waals surface area contributed by atoms with Crippen LogP contribution in [0.4, 0.5) is 0 Å². The van der Waals surface area contributed by atoms with Gasteiger partial charge in [0.1, 0.15) is 4.90 Å². The highest BCUT2D eigenvalue weighted by molar-refractivity contribution is 7.89. The van der Waals surface area contributed by atoms with Crippen molar-refractivity contribution in [2.24, 2.45) is 0 Å². The van der Waals surface area contributed by atoms with Gasteiger partial charge in [0.25, 0.3) is 0 Å². The molecule has 1 aromatic heterocycles. The van der Waals surface area contributed by atoms with Crippen molar-refractivity contribution < 1.29 is 17.9 Å². The Bertz CT molecular complexity index is 637. The van der Waals surface area contributed by atoms with Crippen LogP contribution in [0.15, 0.2) is 11.1 Å². The van der Waals surface area contributed by atoms with Gasteiger partial charge >= 0.3 is 0 Å². The Morgan fingerprint density at radius 3 is 2.32 bits per heavy atom. The van der Waals surface area contributed by atoms with Crippen molar-refractivity contribution in [3.8, 4) is 0 Å². The van der Waals surface area contributed by atoms with Crippen molar-refractivity contribution >= 4 is 10.0 Å². The van der Waals surface area contributed by atoms with Crippen LogP contribution in [-0.4, -0.2) is 54.6 Å². The van der Waals surface area contributed by atoms with Gasteiger partial charge in [-0.1, -0.05) is 0 Å². The zero-order valence-corrected chi connectivity index (χ0v) is 14.1. The van der Waals surface area contributed by atoms with E-state index in [0.717, 1.165) is 0 Å². The molecule has 0 amide bonds. The minimum atomic E-state index is -3.51. The van der Waals surface area contributed by atoms with E-state index in [9.17, 15) is 8.42 Å². The fourth-order valence-corrected chi connectivity index (χ4v) is 4.57. The number of hydrogen-bond acceptors (Lipinski definition) is 5. The van der Waals surface area contributed by atoms with E-state index < -0.39 is 15.8 Å². The van der Waals surface area contributed by atoms with E-state index >= 15 is 0 Å². The predicted octanol–water partition coefficient (Wildman–Crippen LogP) is 1.30. The van der Waals surface area contributed by atoms with Crippen LogP contribution in [-0.2, 0) is 19.5 Å². The van der Waals surface area contributed by atoms with Gasteiger partial charge in [0.2, 0.25) is 10.0 Å². The van der Waals surface area contributed by atoms with Gasteiger partial charge in [-0.15, -0.1) is 0 Å². The second-order valence-corrected chi connectivity index (χ2v) is 8.07. The molecule has 2 fully saturated rings. The first-order valence-electron chi connectivity index (χ1n) is 7.68. The Labute approximate surface area is 131 Å². The molecule has 1 aromatic rings. The molecule has 0 radical (unpaired) electrons. The van der Waals surface area contributed by atoms with Crippen molar-refractivity contribution in [1.82, 2.24) is 14.1 Å². The lowest BCUT2D eigenvalue weighted by Gasteiger charge is -2.36. The average Bonchev–Trinajstić information content (AvgIpc) is 3.07. The SMILES string of the molecule is Cc1nn(C(C)C)cc1S(=O)(=O)N1CCC2(CC1)OCCO2. The maximum atomic E-state index is 12.8. The monoisotopic (exact) mass is 329 g/mol. The molecule has 8 heteroatoms. The molecule has 3 heterocycles. The van der Waals surface area contributed by atoms with Gasteiger partial charge in [-0.25, -0.2) is 8.42 Å². The van der Waals surface area contributed by atoms with Crippen LogP contribution in [0.3, 0.4) is 0 Å². The van der Waals surface area contributed by atoms with Crippen molar-refractivity contribution in [2.75, 3.05) is 26.3 Å². The summed E-state index contributed by atoms with van der Waals surface area (Å²) >= 11 is 0. The molecule has 0 unspecified atom stereocenters. The van der Waals surface area contributed by atoms with Gasteiger partial charge in [-0.3, -0.25) is 4.68 Å². The molecular formula is C14H23N3O4S. The lowest BCUT2D eigenvalue weighted by atomic mass is 10.1. The molecule has 3 rings (SSSR count). The number of piperidine rings is 1. The van der Waals surface area contributed by atoms with Gasteiger partial charge in [0, 0.05) is 38.2 Å². The largest absolute Gasteiger partial charge is 0.347 e. The number of aryl methyl sites for hydroxylation is 1. The molecule has 0 N–H and O–H groups in total. The Morgan fingerprint density at radius 2 is 1.82 bits per heavy atom. The molecule has 2 aliphatic heterocycles. The first kappa shape index (κ1) is 15.9. The molecule has 0 aliphatic carbocycles. The minimum Gasteiger partial charge on any atom is -0.347 e. The van der Waals surface area contributed by atoms with Crippen LogP contribution in [0.5, 0.6) is 0 Å². The molecule has 0 atom stereocenters. The Hall–Kier alpha value is -0.960. The number of ether oxygens (including phenoxy) is 2. The Kier molecular flexibility index (Phi) is 4.05. The van der Waals surface area contributed by atoms with Gasteiger partial charge in [-0.2, -0.15) is 9.40 Å². The minimum absolute atomic E-state index is 0.132. The predicted molar refractivity (Wildman–Crippen MR) is 80.0 cm³/mol. The third-order valence-corrected chi connectivity index (χ3v) is 6.32. The molecule has 124 valence electrons. The highest BCUT2D eigenvalue weighted by Crippen LogP contribution is 2.33. The van der Waals surface area contributed by atoms with Gasteiger partial charge in [-0.05, 0) is 20.8 Å². The van der Waals surface area contributed by atoms with Crippen LogP contribution in [0.1, 0.15) is 38.4 Å². The topological polar surface area (TPSA) is 73.7 Å². The first-order valence-corrected chi connectivity index (χ1v) is 9.12. The quantitative estimate of drug-likeness (QED) is 0.836. The smallest absolute Gasteiger partial charge is 0.246 e. The number of sulfonamides is 1. The van der Waals surface area contributed by atoms with E-state index in [1.165, 1.54) is 4.31 Å². The summed E-state index contributed by atoms with van der Waals surface area (Å²) in [5.41, 5.74) is 0.544. The van der Waals surface area contributed by atoms with E-state index in [2.05, 4.69) is 5.10 Å². The second-order valence-electron chi connectivity index (χ2n) is 6.16. The molecule has 2 aliphatic rings. The summed E-state index contributed by atoms with van der Waals surface area (Å²) in [5, 5.41) is 4.30. The van der Waals surface area contributed by atoms with Crippen LogP contribution in [0, 0.1) is 6.92 Å². The van der Waals surface area contributed by atoms with Crippen molar-refractivity contribution in [1.29, 1.82) is 0 Å². The van der Waals surface area contributed by atoms with Crippen molar-refractivity contribution in [2.45, 2.75) is 50.3 Å². The second kappa shape index (κ2) is 5.59. The summed E-state index contributed by atoms with van der Waals surface area (Å²) in [4.78, 5) is 0.297. The van der Waals surface area contributed by atoms with Crippen LogP contribution < -0.4 is 0 Å². The third-order valence-electron chi connectivity index (χ3n) is 4.32. The molecule has 0 bridgehead atoms. The van der Waals surface area contributed by atoms with Gasteiger partial charge < -0.3 is 9.47 Å². The van der Waals surface area contributed by atoms with E-state index in [1.54, 1.807) is 17.8 Å². The summed E-state index contributed by atoms with van der Waals surface area (Å²) in [6, 6.07) is 0.132. The maximum Gasteiger partial charge on any atom is 0.246 e. The Morgan fingerprint density at radius 1 is 1.23 bits per heavy atom. The Balaban J connectivity index is 1.79. The summed E-state index contributed by atoms with van der Waals surface area (Å²) in [6.45, 7) is 7.69. The fraction of sp³-hybridized carbons (Fsp3) is 0.786. The van der Waals surface area contributed by atoms with E-state index in [1.807, 2.05) is 13.8 Å². The first-order chi connectivity index (χ1) is 10.3. The van der Waals surface area contributed by atoms with E-state index in [-0.39, 0.29) is 6.04 Å². The zero-order chi connectivity index (χ0) is 16.0. The standard InChI is InChI=1S/C14H23N3O4S/c1-11(2)17-10-13(12(3)15-17)22(18,19)16-6-4-14(5-7-16)20-8-9-21-14/h10-11H,4-9H2,1-3H3. The molecule has 2 saturated heterocycles. The number of nitrogens with zero attached hydrogens (tertiary/aromatic N) is 3. The maximum absolute atomic E-state index is 12.8. The summed E-state index contributed by atoms with van der Waals surface area (Å²) in [5.74, 6) is -0.566. The van der Waals surface area contributed by atoms with E-state index in [0.29, 0.717) is 49.7 Å². The van der Waals surface area contributed by atoms with Crippen molar-refractivity contribution in [3.63, 3.8) is 0 Å².